The largest absolute Gasteiger partial charge is 0.497 e. The second-order valence-electron chi connectivity index (χ2n) is 6.67. The quantitative estimate of drug-likeness (QED) is 0.752. The summed E-state index contributed by atoms with van der Waals surface area (Å²) in [6.07, 6.45) is 0. The molecule has 0 saturated carbocycles. The molecule has 1 aliphatic heterocycles. The number of guanidine groups is 1. The Morgan fingerprint density at radius 2 is 1.93 bits per heavy atom. The van der Waals surface area contributed by atoms with Gasteiger partial charge in [0.05, 0.1) is 32.4 Å². The fourth-order valence-electron chi connectivity index (χ4n) is 3.21. The van der Waals surface area contributed by atoms with Crippen molar-refractivity contribution < 1.29 is 14.3 Å². The van der Waals surface area contributed by atoms with E-state index in [0.29, 0.717) is 23.1 Å². The number of methoxy groups -OCH3 is 2. The zero-order chi connectivity index (χ0) is 21.0. The van der Waals surface area contributed by atoms with Gasteiger partial charge in [-0.2, -0.15) is 0 Å². The van der Waals surface area contributed by atoms with Gasteiger partial charge in [-0.15, -0.1) is 0 Å². The molecule has 29 heavy (non-hydrogen) atoms. The predicted molar refractivity (Wildman–Crippen MR) is 114 cm³/mol. The van der Waals surface area contributed by atoms with Gasteiger partial charge in [0.25, 0.3) is 0 Å². The SMILES string of the molecule is COC(=O)C1=C(C)N(C)C(=NCc2ccc(OC)cc2)NC1c1cccc(Cl)c1. The van der Waals surface area contributed by atoms with Crippen LogP contribution in [-0.4, -0.2) is 38.1 Å². The predicted octanol–water partition coefficient (Wildman–Crippen LogP) is 3.93. The summed E-state index contributed by atoms with van der Waals surface area (Å²) in [6, 6.07) is 14.8. The molecule has 3 rings (SSSR count). The molecule has 1 heterocycles. The number of aliphatic imine (C=N–C) groups is 1. The summed E-state index contributed by atoms with van der Waals surface area (Å²) in [6.45, 7) is 2.37. The molecular formula is C22H24ClN3O3. The molecule has 7 heteroatoms. The standard InChI is InChI=1S/C22H24ClN3O3/c1-14-19(21(27)29-4)20(16-6-5-7-17(23)12-16)25-22(26(14)2)24-13-15-8-10-18(28-3)11-9-15/h5-12,20H,13H2,1-4H3,(H,24,25). The van der Waals surface area contributed by atoms with Crippen LogP contribution in [-0.2, 0) is 16.1 Å². The lowest BCUT2D eigenvalue weighted by atomic mass is 9.95. The number of nitrogens with zero attached hydrogens (tertiary/aromatic N) is 2. The number of hydrogen-bond donors (Lipinski definition) is 1. The monoisotopic (exact) mass is 413 g/mol. The van der Waals surface area contributed by atoms with Crippen molar-refractivity contribution in [3.63, 3.8) is 0 Å². The van der Waals surface area contributed by atoms with Crippen LogP contribution in [0.25, 0.3) is 0 Å². The number of benzene rings is 2. The van der Waals surface area contributed by atoms with Crippen molar-refractivity contribution >= 4 is 23.5 Å². The van der Waals surface area contributed by atoms with E-state index in [1.165, 1.54) is 7.11 Å². The first kappa shape index (κ1) is 20.7. The number of rotatable bonds is 5. The summed E-state index contributed by atoms with van der Waals surface area (Å²) in [4.78, 5) is 19.1. The normalized spacial score (nSPS) is 17.9. The molecule has 1 N–H and O–H groups in total. The fraction of sp³-hybridized carbons (Fsp3) is 0.273. The summed E-state index contributed by atoms with van der Waals surface area (Å²) in [5.74, 6) is 1.08. The van der Waals surface area contributed by atoms with Crippen molar-refractivity contribution in [2.75, 3.05) is 21.3 Å². The average molecular weight is 414 g/mol. The van der Waals surface area contributed by atoms with Crippen molar-refractivity contribution in [1.82, 2.24) is 10.2 Å². The molecule has 0 fully saturated rings. The van der Waals surface area contributed by atoms with Crippen LogP contribution in [0.2, 0.25) is 5.02 Å². The third-order valence-electron chi connectivity index (χ3n) is 4.93. The van der Waals surface area contributed by atoms with Crippen LogP contribution < -0.4 is 10.1 Å². The van der Waals surface area contributed by atoms with E-state index in [2.05, 4.69) is 5.32 Å². The molecule has 152 valence electrons. The maximum Gasteiger partial charge on any atom is 0.337 e. The minimum Gasteiger partial charge on any atom is -0.497 e. The fourth-order valence-corrected chi connectivity index (χ4v) is 3.41. The van der Waals surface area contributed by atoms with Gasteiger partial charge in [0, 0.05) is 17.8 Å². The van der Waals surface area contributed by atoms with Gasteiger partial charge in [0.2, 0.25) is 0 Å². The van der Waals surface area contributed by atoms with Crippen LogP contribution in [0.1, 0.15) is 24.1 Å². The zero-order valence-corrected chi connectivity index (χ0v) is 17.7. The van der Waals surface area contributed by atoms with Crippen molar-refractivity contribution in [1.29, 1.82) is 0 Å². The van der Waals surface area contributed by atoms with E-state index in [4.69, 9.17) is 26.1 Å². The number of nitrogens with one attached hydrogen (secondary N) is 1. The number of halogens is 1. The van der Waals surface area contributed by atoms with Gasteiger partial charge in [-0.3, -0.25) is 0 Å². The molecule has 0 amide bonds. The van der Waals surface area contributed by atoms with Crippen molar-refractivity contribution in [3.8, 4) is 5.75 Å². The molecule has 1 aliphatic rings. The zero-order valence-electron chi connectivity index (χ0n) is 16.9. The van der Waals surface area contributed by atoms with Gasteiger partial charge in [-0.25, -0.2) is 9.79 Å². The second kappa shape index (κ2) is 9.01. The average Bonchev–Trinajstić information content (AvgIpc) is 2.74. The first-order chi connectivity index (χ1) is 13.9. The third-order valence-corrected chi connectivity index (χ3v) is 5.17. The lowest BCUT2D eigenvalue weighted by Crippen LogP contribution is -2.47. The van der Waals surface area contributed by atoms with Crippen molar-refractivity contribution in [2.24, 2.45) is 4.99 Å². The molecule has 1 atom stereocenters. The van der Waals surface area contributed by atoms with E-state index in [-0.39, 0.29) is 5.97 Å². The lowest BCUT2D eigenvalue weighted by molar-refractivity contribution is -0.136. The topological polar surface area (TPSA) is 63.2 Å². The summed E-state index contributed by atoms with van der Waals surface area (Å²) in [7, 11) is 4.89. The Kier molecular flexibility index (Phi) is 6.44. The smallest absolute Gasteiger partial charge is 0.337 e. The number of esters is 1. The van der Waals surface area contributed by atoms with Crippen LogP contribution in [0.15, 0.2) is 64.8 Å². The van der Waals surface area contributed by atoms with Crippen LogP contribution >= 0.6 is 11.6 Å². The molecule has 1 unspecified atom stereocenters. The van der Waals surface area contributed by atoms with E-state index >= 15 is 0 Å². The molecule has 0 spiro atoms. The summed E-state index contributed by atoms with van der Waals surface area (Å²) >= 11 is 6.18. The van der Waals surface area contributed by atoms with Gasteiger partial charge in [-0.1, -0.05) is 35.9 Å². The Labute approximate surface area is 175 Å². The minimum atomic E-state index is -0.410. The van der Waals surface area contributed by atoms with Crippen LogP contribution in [0, 0.1) is 0 Å². The van der Waals surface area contributed by atoms with E-state index in [1.807, 2.05) is 61.3 Å². The molecule has 6 nitrogen and oxygen atoms in total. The van der Waals surface area contributed by atoms with Crippen LogP contribution in [0.4, 0.5) is 0 Å². The third kappa shape index (κ3) is 4.54. The number of allylic oxidation sites excluding steroid dienone is 1. The molecule has 2 aromatic rings. The Morgan fingerprint density at radius 3 is 2.55 bits per heavy atom. The Morgan fingerprint density at radius 1 is 1.21 bits per heavy atom. The number of hydrogen-bond acceptors (Lipinski definition) is 4. The molecule has 0 bridgehead atoms. The molecular weight excluding hydrogens is 390 g/mol. The molecule has 0 saturated heterocycles. The Balaban J connectivity index is 1.95. The summed E-state index contributed by atoms with van der Waals surface area (Å²) in [5, 5.41) is 3.97. The van der Waals surface area contributed by atoms with E-state index in [0.717, 1.165) is 22.6 Å². The molecule has 2 aromatic carbocycles. The lowest BCUT2D eigenvalue weighted by Gasteiger charge is -2.36. The molecule has 0 aliphatic carbocycles. The maximum absolute atomic E-state index is 12.5. The maximum atomic E-state index is 12.5. The minimum absolute atomic E-state index is 0.388. The molecule has 0 aromatic heterocycles. The Bertz CT molecular complexity index is 954. The van der Waals surface area contributed by atoms with Crippen molar-refractivity contribution in [3.05, 3.63) is 76.0 Å². The van der Waals surface area contributed by atoms with Crippen molar-refractivity contribution in [2.45, 2.75) is 19.5 Å². The van der Waals surface area contributed by atoms with Gasteiger partial charge in [-0.05, 0) is 42.3 Å². The number of carbonyl (C=O) groups excluding carboxylic acids is 1. The number of ether oxygens (including phenoxy) is 2. The van der Waals surface area contributed by atoms with E-state index < -0.39 is 6.04 Å². The van der Waals surface area contributed by atoms with E-state index in [9.17, 15) is 4.79 Å². The van der Waals surface area contributed by atoms with Gasteiger partial charge >= 0.3 is 5.97 Å². The van der Waals surface area contributed by atoms with Crippen LogP contribution in [0.5, 0.6) is 5.75 Å². The highest BCUT2D eigenvalue weighted by atomic mass is 35.5. The van der Waals surface area contributed by atoms with Gasteiger partial charge in [0.1, 0.15) is 5.75 Å². The summed E-state index contributed by atoms with van der Waals surface area (Å²) < 4.78 is 10.2. The highest BCUT2D eigenvalue weighted by Gasteiger charge is 2.33. The second-order valence-corrected chi connectivity index (χ2v) is 7.11. The number of carbonyl (C=O) groups is 1. The highest BCUT2D eigenvalue weighted by Crippen LogP contribution is 2.31. The molecule has 0 radical (unpaired) electrons. The van der Waals surface area contributed by atoms with Gasteiger partial charge in [0.15, 0.2) is 5.96 Å². The van der Waals surface area contributed by atoms with E-state index in [1.54, 1.807) is 13.2 Å². The van der Waals surface area contributed by atoms with Gasteiger partial charge < -0.3 is 19.7 Å². The van der Waals surface area contributed by atoms with Crippen LogP contribution in [0.3, 0.4) is 0 Å². The Hall–Kier alpha value is -2.99. The highest BCUT2D eigenvalue weighted by molar-refractivity contribution is 6.30. The first-order valence-electron chi connectivity index (χ1n) is 9.16. The first-order valence-corrected chi connectivity index (χ1v) is 9.54. The summed E-state index contributed by atoms with van der Waals surface area (Å²) in [5.41, 5.74) is 3.21.